The highest BCUT2D eigenvalue weighted by atomic mass is 35.5. The van der Waals surface area contributed by atoms with E-state index in [1.807, 2.05) is 0 Å². The van der Waals surface area contributed by atoms with E-state index >= 15 is 0 Å². The lowest BCUT2D eigenvalue weighted by Crippen LogP contribution is -2.40. The van der Waals surface area contributed by atoms with E-state index in [1.54, 1.807) is 18.2 Å². The molecule has 15 heteroatoms. The molecule has 0 bridgehead atoms. The van der Waals surface area contributed by atoms with E-state index in [0.29, 0.717) is 43.3 Å². The molecule has 1 N–H and O–H groups in total. The molecular formula is C22H19ClF3N3O5S3. The fourth-order valence-corrected chi connectivity index (χ4v) is 7.09. The number of morpholine rings is 1. The first-order valence-corrected chi connectivity index (χ1v) is 14.7. The Hall–Kier alpha value is -2.36. The zero-order valence-corrected chi connectivity index (χ0v) is 22.0. The number of sulfonamides is 2. The van der Waals surface area contributed by atoms with Gasteiger partial charge in [0.15, 0.2) is 0 Å². The maximum Gasteiger partial charge on any atom is 0.416 e. The zero-order chi connectivity index (χ0) is 26.8. The Morgan fingerprint density at radius 2 is 1.59 bits per heavy atom. The number of benzene rings is 2. The molecule has 1 aromatic heterocycles. The molecule has 8 nitrogen and oxygen atoms in total. The third kappa shape index (κ3) is 6.56. The topological polar surface area (TPSA) is 106 Å². The molecule has 1 fully saturated rings. The smallest absolute Gasteiger partial charge is 0.379 e. The molecule has 2 aromatic carbocycles. The molecule has 1 aliphatic rings. The van der Waals surface area contributed by atoms with E-state index in [4.69, 9.17) is 16.3 Å². The van der Waals surface area contributed by atoms with Crippen molar-refractivity contribution < 1.29 is 34.7 Å². The first-order valence-electron chi connectivity index (χ1n) is 10.6. The second-order valence-corrected chi connectivity index (χ2v) is 12.9. The zero-order valence-electron chi connectivity index (χ0n) is 18.8. The van der Waals surface area contributed by atoms with Crippen molar-refractivity contribution in [2.45, 2.75) is 25.8 Å². The van der Waals surface area contributed by atoms with Crippen LogP contribution in [0.5, 0.6) is 0 Å². The molecular weight excluding hydrogens is 575 g/mol. The van der Waals surface area contributed by atoms with Crippen molar-refractivity contribution in [3.05, 3.63) is 71.4 Å². The molecule has 198 valence electrons. The van der Waals surface area contributed by atoms with Crippen molar-refractivity contribution >= 4 is 49.2 Å². The van der Waals surface area contributed by atoms with Crippen LogP contribution >= 0.6 is 23.4 Å². The second kappa shape index (κ2) is 10.8. The Morgan fingerprint density at radius 3 is 2.16 bits per heavy atom. The van der Waals surface area contributed by atoms with Gasteiger partial charge in [0.05, 0.1) is 28.7 Å². The molecule has 1 aliphatic heterocycles. The number of halogens is 4. The minimum atomic E-state index is -4.66. The Balaban J connectivity index is 1.42. The van der Waals surface area contributed by atoms with Gasteiger partial charge in [0.1, 0.15) is 10.7 Å². The number of rotatable bonds is 7. The van der Waals surface area contributed by atoms with Crippen LogP contribution in [0.3, 0.4) is 0 Å². The van der Waals surface area contributed by atoms with Gasteiger partial charge in [-0.05, 0) is 54.6 Å². The van der Waals surface area contributed by atoms with Crippen molar-refractivity contribution in [2.24, 2.45) is 0 Å². The number of hydrogen-bond acceptors (Lipinski definition) is 7. The van der Waals surface area contributed by atoms with E-state index in [0.717, 1.165) is 11.0 Å². The van der Waals surface area contributed by atoms with Crippen molar-refractivity contribution in [1.82, 2.24) is 9.29 Å². The third-order valence-corrected chi connectivity index (χ3v) is 9.93. The van der Waals surface area contributed by atoms with E-state index in [-0.39, 0.29) is 10.7 Å². The SMILES string of the molecule is O=S(=O)(Nc1ccc(Sc2ccc(S(=O)(=O)N3CCOCC3)cc2)cn1)c1ccc(C(F)(F)F)cc1Cl. The van der Waals surface area contributed by atoms with Crippen LogP contribution < -0.4 is 4.72 Å². The predicted molar refractivity (Wildman–Crippen MR) is 132 cm³/mol. The summed E-state index contributed by atoms with van der Waals surface area (Å²) in [7, 11) is -7.90. The summed E-state index contributed by atoms with van der Waals surface area (Å²) in [6.07, 6.45) is -3.26. The summed E-state index contributed by atoms with van der Waals surface area (Å²) in [4.78, 5) is 5.06. The lowest BCUT2D eigenvalue weighted by Gasteiger charge is -2.26. The molecule has 0 saturated carbocycles. The summed E-state index contributed by atoms with van der Waals surface area (Å²) in [6, 6.07) is 11.3. The average Bonchev–Trinajstić information content (AvgIpc) is 2.85. The third-order valence-electron chi connectivity index (χ3n) is 5.19. The molecule has 0 amide bonds. The molecule has 0 radical (unpaired) electrons. The van der Waals surface area contributed by atoms with Crippen LogP contribution in [0.4, 0.5) is 19.0 Å². The Morgan fingerprint density at radius 1 is 0.946 bits per heavy atom. The Kier molecular flexibility index (Phi) is 8.07. The molecule has 37 heavy (non-hydrogen) atoms. The quantitative estimate of drug-likeness (QED) is 0.422. The van der Waals surface area contributed by atoms with Crippen molar-refractivity contribution in [3.8, 4) is 0 Å². The van der Waals surface area contributed by atoms with Crippen LogP contribution in [0.1, 0.15) is 5.56 Å². The molecule has 3 aromatic rings. The van der Waals surface area contributed by atoms with Crippen LogP contribution in [-0.4, -0.2) is 52.4 Å². The molecule has 0 atom stereocenters. The standard InChI is InChI=1S/C22H19ClF3N3O5S3/c23-19-13-15(22(24,25)26)1-7-20(19)36(30,31)28-21-8-4-17(14-27-21)35-16-2-5-18(6-3-16)37(32,33)29-9-11-34-12-10-29/h1-8,13-14H,9-12H2,(H,27,28). The Labute approximate surface area is 220 Å². The number of nitrogens with zero attached hydrogens (tertiary/aromatic N) is 2. The number of nitrogens with one attached hydrogen (secondary N) is 1. The van der Waals surface area contributed by atoms with Gasteiger partial charge < -0.3 is 4.74 Å². The van der Waals surface area contributed by atoms with Gasteiger partial charge >= 0.3 is 6.18 Å². The Bertz CT molecular complexity index is 1480. The maximum atomic E-state index is 12.8. The van der Waals surface area contributed by atoms with E-state index in [9.17, 15) is 30.0 Å². The second-order valence-electron chi connectivity index (χ2n) is 7.72. The first-order chi connectivity index (χ1) is 17.4. The predicted octanol–water partition coefficient (Wildman–Crippen LogP) is 4.73. The highest BCUT2D eigenvalue weighted by Crippen LogP contribution is 2.34. The van der Waals surface area contributed by atoms with E-state index in [2.05, 4.69) is 9.71 Å². The van der Waals surface area contributed by atoms with Crippen molar-refractivity contribution in [2.75, 3.05) is 31.0 Å². The monoisotopic (exact) mass is 593 g/mol. The van der Waals surface area contributed by atoms with Crippen LogP contribution in [0.2, 0.25) is 5.02 Å². The molecule has 2 heterocycles. The first kappa shape index (κ1) is 27.7. The summed E-state index contributed by atoms with van der Waals surface area (Å²) in [5, 5.41) is -0.575. The summed E-state index contributed by atoms with van der Waals surface area (Å²) in [6.45, 7) is 1.30. The fraction of sp³-hybridized carbons (Fsp3) is 0.227. The summed E-state index contributed by atoms with van der Waals surface area (Å²) in [5.41, 5.74) is -1.07. The number of alkyl halides is 3. The van der Waals surface area contributed by atoms with Gasteiger partial charge in [-0.3, -0.25) is 4.72 Å². The van der Waals surface area contributed by atoms with Gasteiger partial charge in [-0.1, -0.05) is 23.4 Å². The van der Waals surface area contributed by atoms with Crippen LogP contribution in [-0.2, 0) is 31.0 Å². The van der Waals surface area contributed by atoms with Crippen molar-refractivity contribution in [1.29, 1.82) is 0 Å². The number of anilines is 1. The van der Waals surface area contributed by atoms with Gasteiger partial charge in [-0.15, -0.1) is 0 Å². The number of pyridine rings is 1. The highest BCUT2D eigenvalue weighted by Gasteiger charge is 2.32. The number of hydrogen-bond donors (Lipinski definition) is 1. The molecule has 1 saturated heterocycles. The van der Waals surface area contributed by atoms with Gasteiger partial charge in [0.2, 0.25) is 10.0 Å². The highest BCUT2D eigenvalue weighted by molar-refractivity contribution is 7.99. The summed E-state index contributed by atoms with van der Waals surface area (Å²) < 4.78 is 97.9. The van der Waals surface area contributed by atoms with Gasteiger partial charge in [-0.2, -0.15) is 17.5 Å². The van der Waals surface area contributed by atoms with E-state index < -0.39 is 41.7 Å². The van der Waals surface area contributed by atoms with Crippen molar-refractivity contribution in [3.63, 3.8) is 0 Å². The van der Waals surface area contributed by atoms with Crippen LogP contribution in [0, 0.1) is 0 Å². The van der Waals surface area contributed by atoms with E-state index in [1.165, 1.54) is 40.5 Å². The lowest BCUT2D eigenvalue weighted by atomic mass is 10.2. The van der Waals surface area contributed by atoms with Crippen LogP contribution in [0.25, 0.3) is 0 Å². The van der Waals surface area contributed by atoms with Gasteiger partial charge in [0.25, 0.3) is 10.0 Å². The molecule has 0 aliphatic carbocycles. The molecule has 0 spiro atoms. The summed E-state index contributed by atoms with van der Waals surface area (Å²) >= 11 is 7.07. The fourth-order valence-electron chi connectivity index (χ4n) is 3.34. The minimum absolute atomic E-state index is 0.0627. The van der Waals surface area contributed by atoms with Gasteiger partial charge in [0, 0.05) is 29.1 Å². The number of ether oxygens (including phenoxy) is 1. The minimum Gasteiger partial charge on any atom is -0.379 e. The normalized spacial score (nSPS) is 15.5. The maximum absolute atomic E-state index is 12.8. The summed E-state index contributed by atoms with van der Waals surface area (Å²) in [5.74, 6) is -0.0627. The van der Waals surface area contributed by atoms with Gasteiger partial charge in [-0.25, -0.2) is 21.8 Å². The largest absolute Gasteiger partial charge is 0.416 e. The lowest BCUT2D eigenvalue weighted by molar-refractivity contribution is -0.137. The molecule has 0 unspecified atom stereocenters. The number of aromatic nitrogens is 1. The van der Waals surface area contributed by atoms with Crippen LogP contribution in [0.15, 0.2) is 80.4 Å². The average molecular weight is 594 g/mol. The molecule has 4 rings (SSSR count).